The quantitative estimate of drug-likeness (QED) is 0.165. The van der Waals surface area contributed by atoms with Crippen molar-refractivity contribution in [1.82, 2.24) is 90.4 Å². The summed E-state index contributed by atoms with van der Waals surface area (Å²) in [7, 11) is 0. The summed E-state index contributed by atoms with van der Waals surface area (Å²) in [5.41, 5.74) is 0. The molecule has 22 atom stereocenters. The lowest BCUT2D eigenvalue weighted by Gasteiger charge is -2.42. The molecule has 23 heteroatoms. The van der Waals surface area contributed by atoms with E-state index in [-0.39, 0.29) is 0 Å². The van der Waals surface area contributed by atoms with Gasteiger partial charge in [0.15, 0.2) is 0 Å². The Hall–Kier alpha value is -0.920. The van der Waals surface area contributed by atoms with Crippen molar-refractivity contribution in [2.75, 3.05) is 125 Å². The van der Waals surface area contributed by atoms with Crippen molar-refractivity contribution in [1.29, 1.82) is 0 Å². The summed E-state index contributed by atoms with van der Waals surface area (Å²) in [6, 6.07) is 14.4. The Morgan fingerprint density at radius 2 is 0.724 bits per heavy atom. The molecule has 30 bridgehead atoms. The average Bonchev–Trinajstić information content (AvgIpc) is 1.58. The molecule has 40 fully saturated rings. The molecule has 17 N–H and O–H groups in total. The number of hydrogen-bond donors (Lipinski definition) is 17. The number of rotatable bonds is 0. The van der Waals surface area contributed by atoms with Gasteiger partial charge in [-0.3, -0.25) is 21.3 Å². The number of piperidine rings is 12. The molecular formula is C82H151N17O6. The minimum Gasteiger partial charge on any atom is -0.378 e. The molecule has 32 aliphatic heterocycles. The number of nitrogens with one attached hydrogen (secondary N) is 17. The van der Waals surface area contributed by atoms with Crippen molar-refractivity contribution in [2.24, 2.45) is 41.4 Å². The van der Waals surface area contributed by atoms with Crippen molar-refractivity contribution in [3.63, 3.8) is 0 Å². The third-order valence-corrected chi connectivity index (χ3v) is 29.4. The van der Waals surface area contributed by atoms with Gasteiger partial charge in [0, 0.05) is 155 Å². The van der Waals surface area contributed by atoms with Gasteiger partial charge in [0.25, 0.3) is 0 Å². The first kappa shape index (κ1) is 78.0. The third kappa shape index (κ3) is 24.1. The summed E-state index contributed by atoms with van der Waals surface area (Å²) in [4.78, 5) is 0. The summed E-state index contributed by atoms with van der Waals surface area (Å²) in [6.45, 7) is 21.6. The van der Waals surface area contributed by atoms with Crippen LogP contribution in [-0.2, 0) is 28.4 Å². The van der Waals surface area contributed by atoms with Crippen molar-refractivity contribution in [3.05, 3.63) is 0 Å². The summed E-state index contributed by atoms with van der Waals surface area (Å²) >= 11 is 0. The first-order chi connectivity index (χ1) is 51.7. The van der Waals surface area contributed by atoms with Crippen LogP contribution in [0.3, 0.4) is 0 Å². The highest BCUT2D eigenvalue weighted by Crippen LogP contribution is 2.37. The van der Waals surface area contributed by atoms with E-state index in [4.69, 9.17) is 28.4 Å². The van der Waals surface area contributed by atoms with Gasteiger partial charge in [-0.25, -0.2) is 0 Å². The molecule has 40 rings (SSSR count). The summed E-state index contributed by atoms with van der Waals surface area (Å²) < 4.78 is 31.4. The predicted molar refractivity (Wildman–Crippen MR) is 416 cm³/mol. The highest BCUT2D eigenvalue weighted by atomic mass is 16.5. The highest BCUT2D eigenvalue weighted by molar-refractivity contribution is 4.99. The van der Waals surface area contributed by atoms with Crippen molar-refractivity contribution in [3.8, 4) is 0 Å². The Morgan fingerprint density at radius 1 is 0.210 bits per heavy atom. The van der Waals surface area contributed by atoms with E-state index in [1.165, 1.54) is 284 Å². The van der Waals surface area contributed by atoms with Gasteiger partial charge in [-0.05, 0) is 273 Å². The number of hydrogen-bond acceptors (Lipinski definition) is 23. The smallest absolute Gasteiger partial charge is 0.110 e. The minimum atomic E-state index is 0.421. The zero-order valence-corrected chi connectivity index (χ0v) is 65.0. The molecule has 23 nitrogen and oxygen atoms in total. The van der Waals surface area contributed by atoms with Gasteiger partial charge in [0.2, 0.25) is 0 Å². The second kappa shape index (κ2) is 39.9. The Morgan fingerprint density at radius 3 is 0.838 bits per heavy atom. The number of fused-ring (bicyclic) bond motifs is 30. The van der Waals surface area contributed by atoms with E-state index in [1.807, 2.05) is 0 Å². The molecule has 0 amide bonds. The topological polar surface area (TPSA) is 260 Å². The van der Waals surface area contributed by atoms with E-state index in [2.05, 4.69) is 90.4 Å². The summed E-state index contributed by atoms with van der Waals surface area (Å²) in [6.07, 6.45) is 49.4. The van der Waals surface area contributed by atoms with Gasteiger partial charge in [0.1, 0.15) is 18.7 Å². The third-order valence-electron chi connectivity index (χ3n) is 29.4. The van der Waals surface area contributed by atoms with E-state index >= 15 is 0 Å². The maximum absolute atomic E-state index is 5.29. The lowest BCUT2D eigenvalue weighted by molar-refractivity contribution is -0.166. The fraction of sp³-hybridized carbons (Fsp3) is 1.00. The molecule has 0 aromatic rings. The van der Waals surface area contributed by atoms with Gasteiger partial charge in [-0.15, -0.1) is 0 Å². The van der Waals surface area contributed by atoms with Crippen LogP contribution in [0.2, 0.25) is 0 Å². The molecule has 0 aromatic carbocycles. The van der Waals surface area contributed by atoms with E-state index in [9.17, 15) is 0 Å². The molecule has 40 aliphatic rings. The van der Waals surface area contributed by atoms with Gasteiger partial charge in [-0.2, -0.15) is 0 Å². The van der Waals surface area contributed by atoms with Crippen LogP contribution in [0.4, 0.5) is 0 Å². The van der Waals surface area contributed by atoms with Crippen molar-refractivity contribution in [2.45, 2.75) is 352 Å². The predicted octanol–water partition coefficient (Wildman–Crippen LogP) is 3.82. The molecule has 32 heterocycles. The molecule has 105 heavy (non-hydrogen) atoms. The van der Waals surface area contributed by atoms with Gasteiger partial charge in [0.05, 0.1) is 58.1 Å². The van der Waals surface area contributed by atoms with Crippen LogP contribution in [0.1, 0.15) is 212 Å². The summed E-state index contributed by atoms with van der Waals surface area (Å²) in [5, 5.41) is 57.3. The lowest BCUT2D eigenvalue weighted by Crippen LogP contribution is -2.65. The second-order valence-electron chi connectivity index (χ2n) is 38.1. The van der Waals surface area contributed by atoms with Crippen LogP contribution >= 0.6 is 0 Å². The molecule has 0 spiro atoms. The Balaban J connectivity index is 0.0000000864. The Bertz CT molecular complexity index is 1750. The van der Waals surface area contributed by atoms with E-state index in [0.29, 0.717) is 55.1 Å². The fourth-order valence-corrected chi connectivity index (χ4v) is 22.0. The minimum absolute atomic E-state index is 0.421. The zero-order chi connectivity index (χ0) is 70.4. The van der Waals surface area contributed by atoms with Crippen LogP contribution in [0.5, 0.6) is 0 Å². The molecule has 0 radical (unpaired) electrons. The van der Waals surface area contributed by atoms with E-state index < -0.39 is 0 Å². The number of morpholine rings is 2. The van der Waals surface area contributed by atoms with Crippen molar-refractivity contribution < 1.29 is 28.4 Å². The monoisotopic (exact) mass is 1470 g/mol. The van der Waals surface area contributed by atoms with Gasteiger partial charge >= 0.3 is 0 Å². The zero-order valence-electron chi connectivity index (χ0n) is 65.0. The van der Waals surface area contributed by atoms with Crippen LogP contribution in [-0.4, -0.2) is 265 Å². The normalized spacial score (nSPS) is 48.0. The largest absolute Gasteiger partial charge is 0.378 e. The Kier molecular flexibility index (Phi) is 29.6. The van der Waals surface area contributed by atoms with Crippen LogP contribution in [0, 0.1) is 41.4 Å². The van der Waals surface area contributed by atoms with Gasteiger partial charge in [-0.1, -0.05) is 12.8 Å². The van der Waals surface area contributed by atoms with Gasteiger partial charge < -0.3 is 97.5 Å². The molecule has 22 unspecified atom stereocenters. The van der Waals surface area contributed by atoms with Crippen LogP contribution in [0.25, 0.3) is 0 Å². The number of piperazine rings is 2. The molecule has 8 aliphatic carbocycles. The highest BCUT2D eigenvalue weighted by Gasteiger charge is 2.41. The van der Waals surface area contributed by atoms with Crippen LogP contribution < -0.4 is 90.4 Å². The SMILES string of the molecule is C1CC2CC(C1)N2.C1CC2CC(C1)N2.C1CC2CC(C2)N1.C1CC2CC(C2)N1.C1CC2CC(N1)O2.C1CC2CC(N2)O1.C1CC2CC1CN2.C1CC2CC1CN2.C1NC2CC(C2)O1.C1NC2CC1CO2.C1NC2CNC1C2.C1NCC2CC1C2.C1NCC2CC1N2.C1OC2CNC1C2.C1OCC2CC1N2. The fourth-order valence-electron chi connectivity index (χ4n) is 22.0. The molecular weight excluding hydrogens is 1320 g/mol. The maximum atomic E-state index is 5.29. The first-order valence-electron chi connectivity index (χ1n) is 45.0. The summed E-state index contributed by atoms with van der Waals surface area (Å²) in [5.74, 6) is 7.33. The van der Waals surface area contributed by atoms with E-state index in [1.54, 1.807) is 0 Å². The van der Waals surface area contributed by atoms with Crippen LogP contribution in [0.15, 0.2) is 0 Å². The molecule has 8 saturated carbocycles. The Labute approximate surface area is 633 Å². The van der Waals surface area contributed by atoms with E-state index in [0.717, 1.165) is 179 Å². The molecule has 32 saturated heterocycles. The average molecular weight is 1470 g/mol. The lowest BCUT2D eigenvalue weighted by atomic mass is 9.72. The number of ether oxygens (including phenoxy) is 6. The first-order valence-corrected chi connectivity index (χ1v) is 45.0. The standard InChI is InChI=1S/7C6H11N.2C5H10N2.6C5H9NO/c1-5-2-6(1)4-7-3-5;2*1-2-7-6-3-5(1)4-6;2*1-2-6-3-5(1)4-7-6;2*1-2-5-4-6(3-1)7-5;1-4-2-6-5(1)3-7-4;1-4-2-6-3-5(1)7-4;1-4-3-7-5(1)2-6-4;1-4-2-7-3-5(1)6-4;1-4-2-5(1)7-3-6-4;1-4-2-6-5(1)7-3-4;1-2-7-5-3-4(1)6-5;1-2-6-5-3-4(1)7-5/h7*5-7H,1-4H2;2*4-7H,1-3H2;6*4-6H,1-3H2. The molecule has 0 aromatic heterocycles. The maximum Gasteiger partial charge on any atom is 0.110 e. The second-order valence-corrected chi connectivity index (χ2v) is 38.1. The van der Waals surface area contributed by atoms with Crippen molar-refractivity contribution >= 4 is 0 Å². The molecule has 600 valence electrons.